The Morgan fingerprint density at radius 3 is 0.822 bits per heavy atom. The van der Waals surface area contributed by atoms with Crippen LogP contribution in [0.3, 0.4) is 0 Å². The largest absolute Gasteiger partial charge is 0.488 e. The highest BCUT2D eigenvalue weighted by Crippen LogP contribution is 2.59. The topological polar surface area (TPSA) is 165 Å². The average molecular weight is 1530 g/mol. The molecule has 0 radical (unpaired) electrons. The molecule has 0 fully saturated rings. The van der Waals surface area contributed by atoms with Crippen molar-refractivity contribution in [2.45, 2.75) is 10.8 Å². The Morgan fingerprint density at radius 1 is 0.229 bits per heavy atom. The van der Waals surface area contributed by atoms with E-state index < -0.39 is 17.9 Å². The zero-order chi connectivity index (χ0) is 79.9. The summed E-state index contributed by atoms with van der Waals surface area (Å²) in [7, 11) is -1.46. The molecule has 10 nitrogen and oxygen atoms in total. The van der Waals surface area contributed by atoms with Crippen molar-refractivity contribution in [2.24, 2.45) is 0 Å². The molecule has 0 bridgehead atoms. The van der Waals surface area contributed by atoms with E-state index in [-0.39, 0.29) is 0 Å². The number of hydrogen-bond acceptors (Lipinski definition) is 10. The molecule has 2 aromatic heterocycles. The summed E-state index contributed by atoms with van der Waals surface area (Å²) in [6, 6.07) is 146. The van der Waals surface area contributed by atoms with Gasteiger partial charge in [-0.2, -0.15) is 10.5 Å². The predicted molar refractivity (Wildman–Crippen MR) is 474 cm³/mol. The van der Waals surface area contributed by atoms with Gasteiger partial charge in [-0.3, -0.25) is 0 Å². The molecule has 12 heteroatoms. The van der Waals surface area contributed by atoms with Crippen LogP contribution in [0.25, 0.3) is 124 Å². The van der Waals surface area contributed by atoms with Gasteiger partial charge >= 0.3 is 7.12 Å². The van der Waals surface area contributed by atoms with E-state index >= 15 is 0 Å². The Hall–Kier alpha value is -15.2. The fourth-order valence-corrected chi connectivity index (χ4v) is 16.8. The summed E-state index contributed by atoms with van der Waals surface area (Å²) in [6.45, 7) is 0. The molecule has 20 rings (SSSR count). The first-order chi connectivity index (χ1) is 58.1. The summed E-state index contributed by atoms with van der Waals surface area (Å²) in [6.07, 6.45) is 0. The van der Waals surface area contributed by atoms with Crippen LogP contribution in [0.15, 0.2) is 413 Å². The van der Waals surface area contributed by atoms with Crippen LogP contribution in [-0.2, 0) is 10.8 Å². The number of halogens is 1. The smallest absolute Gasteiger partial charge is 0.423 e. The van der Waals surface area contributed by atoms with Gasteiger partial charge in [-0.1, -0.05) is 351 Å². The van der Waals surface area contributed by atoms with Crippen molar-refractivity contribution in [3.63, 3.8) is 0 Å². The third-order valence-electron chi connectivity index (χ3n) is 22.0. The van der Waals surface area contributed by atoms with E-state index in [1.165, 1.54) is 91.0 Å². The molecule has 2 heterocycles. The molecule has 2 N–H and O–H groups in total. The third kappa shape index (κ3) is 14.3. The van der Waals surface area contributed by atoms with Crippen LogP contribution >= 0.6 is 11.6 Å². The van der Waals surface area contributed by atoms with Crippen LogP contribution in [0.2, 0.25) is 5.02 Å². The normalized spacial score (nSPS) is 12.1. The maximum atomic E-state index is 9.60. The molecule has 18 aromatic rings. The molecule has 0 saturated carbocycles. The maximum absolute atomic E-state index is 9.60. The zero-order valence-corrected chi connectivity index (χ0v) is 64.4. The number of benzene rings is 16. The molecule has 0 atom stereocenters. The van der Waals surface area contributed by atoms with Gasteiger partial charge in [0, 0.05) is 38.4 Å². The van der Waals surface area contributed by atoms with Crippen molar-refractivity contribution in [1.29, 1.82) is 10.5 Å². The van der Waals surface area contributed by atoms with Gasteiger partial charge < -0.3 is 10.0 Å². The first-order valence-corrected chi connectivity index (χ1v) is 39.3. The molecule has 118 heavy (non-hydrogen) atoms. The van der Waals surface area contributed by atoms with Gasteiger partial charge in [-0.05, 0) is 178 Å². The SMILES string of the molecule is Clc1cc(-c2ccc3c(c2)C(c2ccccc2)(c2ccccc2)c2ccccc2-3)cc(-c2nc(-c3ccccc3)nc(-c3ccccc3)n2)c1.N#Cc1ccc(-c2cc(-c3ccc4c(c3)C(c3ccccc3)(c3ccccc3)c3ccccc3-4)cc(-c3nc(-c4ccccc4)nc(-c4ccccc4)n3)c2)cc1.N#Cc1ccc(B(O)O)cc1. The van der Waals surface area contributed by atoms with Gasteiger partial charge in [0.1, 0.15) is 0 Å². The molecular weight excluding hydrogens is 1460 g/mol. The highest BCUT2D eigenvalue weighted by molar-refractivity contribution is 6.58. The summed E-state index contributed by atoms with van der Waals surface area (Å²) in [5.74, 6) is 3.59. The first kappa shape index (κ1) is 74.2. The monoisotopic (exact) mass is 1530 g/mol. The summed E-state index contributed by atoms with van der Waals surface area (Å²) >= 11 is 6.93. The minimum atomic E-state index is -1.46. The highest BCUT2D eigenvalue weighted by Gasteiger charge is 2.48. The molecular formula is C106H70BClN8O2. The number of fused-ring (bicyclic) bond motifs is 6. The highest BCUT2D eigenvalue weighted by atomic mass is 35.5. The number of aromatic nitrogens is 6. The Labute approximate surface area is 690 Å². The van der Waals surface area contributed by atoms with Crippen molar-refractivity contribution in [3.05, 3.63) is 473 Å². The van der Waals surface area contributed by atoms with E-state index in [4.69, 9.17) is 56.8 Å². The molecule has 16 aromatic carbocycles. The van der Waals surface area contributed by atoms with Crippen molar-refractivity contribution in [1.82, 2.24) is 29.9 Å². The predicted octanol–water partition coefficient (Wildman–Crippen LogP) is 23.2. The van der Waals surface area contributed by atoms with Crippen LogP contribution in [0.4, 0.5) is 0 Å². The van der Waals surface area contributed by atoms with Gasteiger partial charge in [-0.15, -0.1) is 0 Å². The lowest BCUT2D eigenvalue weighted by atomic mass is 9.67. The van der Waals surface area contributed by atoms with Crippen molar-refractivity contribution >= 4 is 24.2 Å². The molecule has 0 amide bonds. The Balaban J connectivity index is 0.000000145. The van der Waals surface area contributed by atoms with Crippen LogP contribution in [0.5, 0.6) is 0 Å². The fourth-order valence-electron chi connectivity index (χ4n) is 16.6. The fraction of sp³-hybridized carbons (Fsp3) is 0.0189. The second-order valence-electron chi connectivity index (χ2n) is 29.0. The van der Waals surface area contributed by atoms with Crippen molar-refractivity contribution < 1.29 is 10.0 Å². The molecule has 0 unspecified atom stereocenters. The number of nitrogens with zero attached hydrogens (tertiary/aromatic N) is 8. The molecule has 0 spiro atoms. The minimum absolute atomic E-state index is 0.393. The number of hydrogen-bond donors (Lipinski definition) is 2. The summed E-state index contributed by atoms with van der Waals surface area (Å²) in [5.41, 5.74) is 26.9. The number of nitriles is 2. The van der Waals surface area contributed by atoms with E-state index in [9.17, 15) is 5.26 Å². The number of rotatable bonds is 14. The molecule has 2 aliphatic carbocycles. The van der Waals surface area contributed by atoms with Gasteiger partial charge in [0.25, 0.3) is 0 Å². The van der Waals surface area contributed by atoms with Gasteiger partial charge in [0.15, 0.2) is 34.9 Å². The van der Waals surface area contributed by atoms with Gasteiger partial charge in [0.2, 0.25) is 0 Å². The quantitative estimate of drug-likeness (QED) is 0.100. The van der Waals surface area contributed by atoms with E-state index in [0.29, 0.717) is 56.6 Å². The molecule has 556 valence electrons. The lowest BCUT2D eigenvalue weighted by molar-refractivity contribution is 0.426. The van der Waals surface area contributed by atoms with Crippen molar-refractivity contribution in [3.8, 4) is 136 Å². The summed E-state index contributed by atoms with van der Waals surface area (Å²) in [4.78, 5) is 30.0. The van der Waals surface area contributed by atoms with Gasteiger partial charge in [0.05, 0.1) is 34.1 Å². The molecule has 0 aliphatic heterocycles. The summed E-state index contributed by atoms with van der Waals surface area (Å²) in [5, 5.41) is 35.9. The third-order valence-corrected chi connectivity index (χ3v) is 22.2. The standard InChI is InChI=1S/C53H34N4.C46H30ClN3.C7H6BNO2/c54-35-36-25-27-37(28-26-36)41-31-42(33-43(32-41)52-56-50(38-15-5-1-6-16-38)55-51(57-52)39-17-7-2-8-18-39)40-29-30-47-46-23-13-14-24-48(46)53(49(47)34-40,44-19-9-3-10-20-44)45-21-11-4-12-22-45;47-38-28-34(27-35(29-38)45-49-43(31-15-5-1-6-16-31)48-44(50-45)32-17-7-2-8-18-32)33-25-26-40-39-23-13-14-24-41(39)46(42(40)30-33,36-19-9-3-10-20-36)37-21-11-4-12-22-37;9-5-6-1-3-7(4-2-6)8(10)11/h1-34H;1-30H;1-4,10-11H. The van der Waals surface area contributed by atoms with Crippen molar-refractivity contribution in [2.75, 3.05) is 0 Å². The molecule has 2 aliphatic rings. The van der Waals surface area contributed by atoms with E-state index in [1.807, 2.05) is 164 Å². The Morgan fingerprint density at radius 2 is 0.483 bits per heavy atom. The van der Waals surface area contributed by atoms with E-state index in [1.54, 1.807) is 0 Å². The first-order valence-electron chi connectivity index (χ1n) is 38.9. The average Bonchev–Trinajstić information content (AvgIpc) is 1.54. The van der Waals surface area contributed by atoms with Crippen LogP contribution in [-0.4, -0.2) is 47.1 Å². The maximum Gasteiger partial charge on any atom is 0.488 e. The second kappa shape index (κ2) is 32.7. The molecule has 0 saturated heterocycles. The van der Waals surface area contributed by atoms with E-state index in [0.717, 1.165) is 66.8 Å². The van der Waals surface area contributed by atoms with E-state index in [2.05, 4.69) is 237 Å². The second-order valence-corrected chi connectivity index (χ2v) is 29.4. The zero-order valence-electron chi connectivity index (χ0n) is 63.7. The Kier molecular flexibility index (Phi) is 20.6. The van der Waals surface area contributed by atoms with Crippen LogP contribution < -0.4 is 5.46 Å². The minimum Gasteiger partial charge on any atom is -0.423 e. The summed E-state index contributed by atoms with van der Waals surface area (Å²) < 4.78 is 0. The lowest BCUT2D eigenvalue weighted by Gasteiger charge is -2.34. The van der Waals surface area contributed by atoms with Gasteiger partial charge in [-0.25, -0.2) is 29.9 Å². The Bertz CT molecular complexity index is 6590. The lowest BCUT2D eigenvalue weighted by Crippen LogP contribution is -2.29. The van der Waals surface area contributed by atoms with Crippen LogP contribution in [0.1, 0.15) is 55.6 Å². The van der Waals surface area contributed by atoms with Crippen LogP contribution in [0, 0.1) is 22.7 Å².